The van der Waals surface area contributed by atoms with Crippen molar-refractivity contribution in [2.75, 3.05) is 0 Å². The summed E-state index contributed by atoms with van der Waals surface area (Å²) in [6.07, 6.45) is -2.59. The van der Waals surface area contributed by atoms with Crippen molar-refractivity contribution in [1.82, 2.24) is 0 Å². The van der Waals surface area contributed by atoms with Crippen molar-refractivity contribution in [1.29, 1.82) is 0 Å². The van der Waals surface area contributed by atoms with Crippen LogP contribution in [-0.4, -0.2) is 6.18 Å². The van der Waals surface area contributed by atoms with Gasteiger partial charge in [0.25, 0.3) is 0 Å². The fraction of sp³-hybridized carbons (Fsp3) is 0.500. The van der Waals surface area contributed by atoms with Crippen LogP contribution in [-0.2, 0) is 0 Å². The van der Waals surface area contributed by atoms with Crippen LogP contribution >= 0.6 is 0 Å². The Morgan fingerprint density at radius 1 is 1.45 bits per heavy atom. The Kier molecular flexibility index (Phi) is 3.36. The van der Waals surface area contributed by atoms with Crippen LogP contribution in [0.2, 0.25) is 0 Å². The molecule has 0 aromatic heterocycles. The monoisotopic (exact) mass is 164 g/mol. The van der Waals surface area contributed by atoms with E-state index in [-0.39, 0.29) is 0 Å². The van der Waals surface area contributed by atoms with Crippen LogP contribution in [0, 0.1) is 0 Å². The van der Waals surface area contributed by atoms with E-state index in [1.165, 1.54) is 0 Å². The zero-order valence-corrected chi connectivity index (χ0v) is 6.63. The third-order valence-electron chi connectivity index (χ3n) is 1.34. The van der Waals surface area contributed by atoms with E-state index in [9.17, 15) is 13.2 Å². The number of halogens is 3. The molecular formula is C8H11F3. The summed E-state index contributed by atoms with van der Waals surface area (Å²) in [6.45, 7) is 6.36. The van der Waals surface area contributed by atoms with E-state index in [0.29, 0.717) is 12.0 Å². The van der Waals surface area contributed by atoms with Crippen molar-refractivity contribution in [2.24, 2.45) is 0 Å². The molecule has 0 saturated heterocycles. The Hall–Kier alpha value is -0.730. The highest BCUT2D eigenvalue weighted by atomic mass is 19.4. The quantitative estimate of drug-likeness (QED) is 0.548. The summed E-state index contributed by atoms with van der Waals surface area (Å²) in [5.74, 6) is 0. The molecule has 0 saturated carbocycles. The van der Waals surface area contributed by atoms with Crippen LogP contribution in [0.15, 0.2) is 23.8 Å². The zero-order chi connectivity index (χ0) is 9.07. The van der Waals surface area contributed by atoms with Gasteiger partial charge < -0.3 is 0 Å². The highest BCUT2D eigenvalue weighted by Crippen LogP contribution is 2.25. The largest absolute Gasteiger partial charge is 0.415 e. The minimum atomic E-state index is -4.28. The second-order valence-electron chi connectivity index (χ2n) is 2.37. The molecule has 0 nitrogen and oxygen atoms in total. The summed E-state index contributed by atoms with van der Waals surface area (Å²) in [5, 5.41) is 0. The molecule has 11 heavy (non-hydrogen) atoms. The van der Waals surface area contributed by atoms with Crippen LogP contribution in [0.4, 0.5) is 13.2 Å². The first-order valence-electron chi connectivity index (χ1n) is 3.31. The molecule has 0 atom stereocenters. The molecule has 0 unspecified atom stereocenters. The lowest BCUT2D eigenvalue weighted by Gasteiger charge is -2.05. The topological polar surface area (TPSA) is 0 Å². The molecule has 0 bridgehead atoms. The molecule has 0 N–H and O–H groups in total. The maximum atomic E-state index is 11.8. The summed E-state index contributed by atoms with van der Waals surface area (Å²) in [5.41, 5.74) is -0.0934. The molecule has 0 fully saturated rings. The minimum Gasteiger partial charge on any atom is -0.166 e. The van der Waals surface area contributed by atoms with Gasteiger partial charge in [0.2, 0.25) is 0 Å². The van der Waals surface area contributed by atoms with E-state index in [1.54, 1.807) is 13.8 Å². The predicted octanol–water partition coefficient (Wildman–Crippen LogP) is 3.46. The first-order chi connectivity index (χ1) is 4.88. The molecular weight excluding hydrogens is 153 g/mol. The third-order valence-corrected chi connectivity index (χ3v) is 1.34. The summed E-state index contributed by atoms with van der Waals surface area (Å²) in [4.78, 5) is 0. The Morgan fingerprint density at radius 2 is 1.91 bits per heavy atom. The normalized spacial score (nSPS) is 13.4. The molecule has 0 aliphatic heterocycles. The van der Waals surface area contributed by atoms with E-state index >= 15 is 0 Å². The van der Waals surface area contributed by atoms with Gasteiger partial charge in [-0.15, -0.1) is 0 Å². The zero-order valence-electron chi connectivity index (χ0n) is 6.63. The molecule has 0 aromatic carbocycles. The van der Waals surface area contributed by atoms with Crippen molar-refractivity contribution in [3.8, 4) is 0 Å². The average Bonchev–Trinajstić information content (AvgIpc) is 1.85. The van der Waals surface area contributed by atoms with E-state index in [0.717, 1.165) is 6.08 Å². The highest BCUT2D eigenvalue weighted by Gasteiger charge is 2.29. The second-order valence-corrected chi connectivity index (χ2v) is 2.37. The van der Waals surface area contributed by atoms with E-state index in [2.05, 4.69) is 6.58 Å². The van der Waals surface area contributed by atoms with Gasteiger partial charge in [-0.2, -0.15) is 13.2 Å². The standard InChI is InChI=1S/C8H11F3/c1-4-6(2)5-7(3)8(9,10)11/h5H,3-4H2,1-2H3/b6-5-. The van der Waals surface area contributed by atoms with E-state index < -0.39 is 11.7 Å². The van der Waals surface area contributed by atoms with Gasteiger partial charge in [0.1, 0.15) is 0 Å². The van der Waals surface area contributed by atoms with Gasteiger partial charge in [0.15, 0.2) is 0 Å². The molecule has 0 aliphatic carbocycles. The van der Waals surface area contributed by atoms with Crippen molar-refractivity contribution in [3.05, 3.63) is 23.8 Å². The minimum absolute atomic E-state index is 0.620. The number of rotatable bonds is 2. The van der Waals surface area contributed by atoms with Crippen LogP contribution in [0.5, 0.6) is 0 Å². The summed E-state index contributed by atoms with van der Waals surface area (Å²) in [6, 6.07) is 0. The Bertz CT molecular complexity index is 174. The molecule has 0 aliphatic rings. The summed E-state index contributed by atoms with van der Waals surface area (Å²) >= 11 is 0. The van der Waals surface area contributed by atoms with Gasteiger partial charge in [-0.1, -0.05) is 25.2 Å². The van der Waals surface area contributed by atoms with Gasteiger partial charge in [-0.25, -0.2) is 0 Å². The first-order valence-corrected chi connectivity index (χ1v) is 3.31. The highest BCUT2D eigenvalue weighted by molar-refractivity contribution is 5.23. The fourth-order valence-electron chi connectivity index (χ4n) is 0.481. The van der Waals surface area contributed by atoms with Crippen LogP contribution in [0.25, 0.3) is 0 Å². The second kappa shape index (κ2) is 3.60. The number of hydrogen-bond acceptors (Lipinski definition) is 0. The molecule has 0 aromatic rings. The summed E-state index contributed by atoms with van der Waals surface area (Å²) < 4.78 is 35.4. The van der Waals surface area contributed by atoms with Crippen LogP contribution < -0.4 is 0 Å². The van der Waals surface area contributed by atoms with Gasteiger partial charge >= 0.3 is 6.18 Å². The maximum Gasteiger partial charge on any atom is 0.415 e. The smallest absolute Gasteiger partial charge is 0.166 e. The summed E-state index contributed by atoms with van der Waals surface area (Å²) in [7, 11) is 0. The number of alkyl halides is 3. The Labute approximate surface area is 64.4 Å². The molecule has 0 heterocycles. The lowest BCUT2D eigenvalue weighted by atomic mass is 10.1. The van der Waals surface area contributed by atoms with Gasteiger partial charge in [0.05, 0.1) is 0 Å². The van der Waals surface area contributed by atoms with Crippen LogP contribution in [0.1, 0.15) is 20.3 Å². The number of hydrogen-bond donors (Lipinski definition) is 0. The van der Waals surface area contributed by atoms with E-state index in [4.69, 9.17) is 0 Å². The molecule has 0 radical (unpaired) electrons. The SMILES string of the molecule is C=C(/C=C(/C)CC)C(F)(F)F. The van der Waals surface area contributed by atoms with Crippen molar-refractivity contribution in [3.63, 3.8) is 0 Å². The first kappa shape index (κ1) is 10.3. The third kappa shape index (κ3) is 3.86. The van der Waals surface area contributed by atoms with Crippen molar-refractivity contribution >= 4 is 0 Å². The average molecular weight is 164 g/mol. The molecule has 3 heteroatoms. The maximum absolute atomic E-state index is 11.8. The van der Waals surface area contributed by atoms with Gasteiger partial charge in [-0.3, -0.25) is 0 Å². The number of allylic oxidation sites excluding steroid dienone is 3. The van der Waals surface area contributed by atoms with Gasteiger partial charge in [0, 0.05) is 5.57 Å². The van der Waals surface area contributed by atoms with Gasteiger partial charge in [-0.05, 0) is 13.3 Å². The fourth-order valence-corrected chi connectivity index (χ4v) is 0.481. The Balaban J connectivity index is 4.30. The lowest BCUT2D eigenvalue weighted by molar-refractivity contribution is -0.0878. The van der Waals surface area contributed by atoms with Crippen LogP contribution in [0.3, 0.4) is 0 Å². The van der Waals surface area contributed by atoms with E-state index in [1.807, 2.05) is 0 Å². The molecule has 0 spiro atoms. The van der Waals surface area contributed by atoms with Crippen molar-refractivity contribution < 1.29 is 13.2 Å². The predicted molar refractivity (Wildman–Crippen MR) is 39.2 cm³/mol. The Morgan fingerprint density at radius 3 is 2.18 bits per heavy atom. The van der Waals surface area contributed by atoms with Crippen molar-refractivity contribution in [2.45, 2.75) is 26.4 Å². The molecule has 0 amide bonds. The lowest BCUT2D eigenvalue weighted by Crippen LogP contribution is -2.08. The molecule has 64 valence electrons. The molecule has 0 rings (SSSR count).